The molecule has 3 unspecified atom stereocenters. The van der Waals surface area contributed by atoms with Gasteiger partial charge in [-0.25, -0.2) is 9.47 Å². The summed E-state index contributed by atoms with van der Waals surface area (Å²) in [6.07, 6.45) is -8.55. The average Bonchev–Trinajstić information content (AvgIpc) is 3.91. The maximum Gasteiger partial charge on any atom is 0.495 e. The van der Waals surface area contributed by atoms with Crippen LogP contribution in [0, 0.1) is 0 Å². The van der Waals surface area contributed by atoms with Crippen LogP contribution in [0.4, 0.5) is 26.3 Å². The predicted octanol–water partition coefficient (Wildman–Crippen LogP) is 2.23. The zero-order valence-electron chi connectivity index (χ0n) is 28.3. The molecule has 0 amide bonds. The molecule has 0 saturated carbocycles. The molecule has 14 nitrogen and oxygen atoms in total. The number of pyridine rings is 2. The molecule has 3 N–H and O–H groups in total. The van der Waals surface area contributed by atoms with E-state index in [0.717, 1.165) is 31.8 Å². The number of epoxide rings is 1. The Bertz CT molecular complexity index is 1160. The minimum atomic E-state index is -5.43. The quantitative estimate of drug-likeness (QED) is 0.0477. The summed E-state index contributed by atoms with van der Waals surface area (Å²) >= 11 is 0. The highest BCUT2D eigenvalue weighted by molar-refractivity contribution is 5.10. The van der Waals surface area contributed by atoms with Crippen molar-refractivity contribution in [2.45, 2.75) is 49.7 Å². The molecule has 2 aromatic heterocycles. The van der Waals surface area contributed by atoms with Gasteiger partial charge in [-0.2, -0.15) is 17.6 Å². The van der Waals surface area contributed by atoms with Crippen LogP contribution in [0.2, 0.25) is 0 Å². The molecule has 52 heavy (non-hydrogen) atoms. The molecule has 0 bridgehead atoms. The van der Waals surface area contributed by atoms with E-state index in [9.17, 15) is 36.6 Å². The van der Waals surface area contributed by atoms with Crippen LogP contribution in [0.3, 0.4) is 0 Å². The monoisotopic (exact) mass is 764 g/mol. The average molecular weight is 765 g/mol. The van der Waals surface area contributed by atoms with E-state index in [-0.39, 0.29) is 33.0 Å². The number of nitrogens with zero attached hydrogens (tertiary/aromatic N) is 2. The first-order valence-electron chi connectivity index (χ1n) is 16.2. The van der Waals surface area contributed by atoms with E-state index in [1.54, 1.807) is 24.8 Å². The molecule has 1 fully saturated rings. The van der Waals surface area contributed by atoms with Crippen LogP contribution in [-0.4, -0.2) is 155 Å². The topological polar surface area (TPSA) is 173 Å². The van der Waals surface area contributed by atoms with Gasteiger partial charge < -0.3 is 48.5 Å². The Balaban J connectivity index is 0.000000593. The maximum absolute atomic E-state index is 13.6. The lowest BCUT2D eigenvalue weighted by Crippen LogP contribution is -2.44. The maximum atomic E-state index is 13.6. The second kappa shape index (κ2) is 25.4. The Hall–Kier alpha value is -2.60. The largest absolute Gasteiger partial charge is 0.495 e. The molecule has 1 aliphatic rings. The van der Waals surface area contributed by atoms with E-state index >= 15 is 0 Å². The van der Waals surface area contributed by atoms with Crippen LogP contribution in [-0.2, 0) is 55.5 Å². The number of hydrogen-bond donors (Lipinski definition) is 3. The minimum Gasteiger partial charge on any atom is -0.394 e. The van der Waals surface area contributed by atoms with Crippen LogP contribution >= 0.6 is 0 Å². The number of hydrogen-bond acceptors (Lipinski definition) is 14. The van der Waals surface area contributed by atoms with E-state index in [2.05, 4.69) is 28.9 Å². The lowest BCUT2D eigenvalue weighted by Gasteiger charge is -2.26. The highest BCUT2D eigenvalue weighted by Crippen LogP contribution is 2.33. The summed E-state index contributed by atoms with van der Waals surface area (Å²) < 4.78 is 121. The van der Waals surface area contributed by atoms with Crippen molar-refractivity contribution in [3.8, 4) is 0 Å². The van der Waals surface area contributed by atoms with Gasteiger partial charge in [-0.15, -0.1) is 8.78 Å². The van der Waals surface area contributed by atoms with Crippen LogP contribution in [0.25, 0.3) is 0 Å². The van der Waals surface area contributed by atoms with E-state index in [1.165, 1.54) is 5.56 Å². The number of aliphatic hydroxyl groups is 3. The van der Waals surface area contributed by atoms with Gasteiger partial charge in [0.25, 0.3) is 0 Å². The van der Waals surface area contributed by atoms with Crippen molar-refractivity contribution in [1.82, 2.24) is 9.97 Å². The SMILES string of the molecule is OCCOCC(O)COCC(F)(F)OC(F)(F)OC(F)(F)COCCOCC(O)COCCc1ccncc1.c1cc(CCOCC2CO2)ccn1. The fraction of sp³-hybridized carbons (Fsp3) is 0.688. The van der Waals surface area contributed by atoms with Gasteiger partial charge in [0.2, 0.25) is 0 Å². The number of halogens is 6. The van der Waals surface area contributed by atoms with Crippen LogP contribution in [0.15, 0.2) is 49.1 Å². The molecule has 1 saturated heterocycles. The third kappa shape index (κ3) is 24.6. The van der Waals surface area contributed by atoms with E-state index in [0.29, 0.717) is 19.1 Å². The number of ether oxygens (including phenoxy) is 9. The first kappa shape index (κ1) is 45.6. The molecule has 0 spiro atoms. The normalized spacial score (nSPS) is 15.9. The zero-order valence-corrected chi connectivity index (χ0v) is 28.3. The summed E-state index contributed by atoms with van der Waals surface area (Å²) in [5.74, 6) is 0. The van der Waals surface area contributed by atoms with Crippen molar-refractivity contribution >= 4 is 0 Å². The summed E-state index contributed by atoms with van der Waals surface area (Å²) in [6.45, 7) is -3.61. The summed E-state index contributed by atoms with van der Waals surface area (Å²) in [5, 5.41) is 27.6. The number of alkyl halides is 6. The number of aliphatic hydroxyl groups excluding tert-OH is 3. The summed E-state index contributed by atoms with van der Waals surface area (Å²) in [6, 6.07) is 7.64. The third-order valence-corrected chi connectivity index (χ3v) is 6.20. The van der Waals surface area contributed by atoms with Gasteiger partial charge in [-0.3, -0.25) is 9.97 Å². The van der Waals surface area contributed by atoms with Crippen LogP contribution in [0.1, 0.15) is 11.1 Å². The van der Waals surface area contributed by atoms with E-state index in [4.69, 9.17) is 28.8 Å². The lowest BCUT2D eigenvalue weighted by atomic mass is 10.2. The molecular weight excluding hydrogens is 718 g/mol. The fourth-order valence-electron chi connectivity index (χ4n) is 3.73. The van der Waals surface area contributed by atoms with Crippen molar-refractivity contribution < 1.29 is 84.3 Å². The molecule has 3 heterocycles. The van der Waals surface area contributed by atoms with Crippen molar-refractivity contribution in [2.75, 3.05) is 92.5 Å². The summed E-state index contributed by atoms with van der Waals surface area (Å²) in [4.78, 5) is 7.83. The van der Waals surface area contributed by atoms with Crippen molar-refractivity contribution in [2.24, 2.45) is 0 Å². The second-order valence-corrected chi connectivity index (χ2v) is 11.0. The molecule has 3 atom stereocenters. The molecule has 298 valence electrons. The summed E-state index contributed by atoms with van der Waals surface area (Å²) in [5.41, 5.74) is 2.27. The Morgan fingerprint density at radius 1 is 0.635 bits per heavy atom. The first-order valence-corrected chi connectivity index (χ1v) is 16.2. The smallest absolute Gasteiger partial charge is 0.394 e. The van der Waals surface area contributed by atoms with Gasteiger partial charge in [0, 0.05) is 24.8 Å². The first-order chi connectivity index (χ1) is 24.8. The summed E-state index contributed by atoms with van der Waals surface area (Å²) in [7, 11) is 0. The lowest BCUT2D eigenvalue weighted by molar-refractivity contribution is -0.518. The number of aromatic nitrogens is 2. The van der Waals surface area contributed by atoms with E-state index < -0.39 is 63.8 Å². The van der Waals surface area contributed by atoms with Crippen LogP contribution in [0.5, 0.6) is 0 Å². The Morgan fingerprint density at radius 3 is 1.56 bits per heavy atom. The third-order valence-electron chi connectivity index (χ3n) is 6.20. The van der Waals surface area contributed by atoms with Crippen molar-refractivity contribution in [1.29, 1.82) is 0 Å². The van der Waals surface area contributed by atoms with Gasteiger partial charge in [0.15, 0.2) is 0 Å². The highest BCUT2D eigenvalue weighted by Gasteiger charge is 2.52. The highest BCUT2D eigenvalue weighted by atomic mass is 19.3. The fourth-order valence-corrected chi connectivity index (χ4v) is 3.73. The van der Waals surface area contributed by atoms with Crippen molar-refractivity contribution in [3.63, 3.8) is 0 Å². The molecule has 1 aliphatic heterocycles. The van der Waals surface area contributed by atoms with Gasteiger partial charge in [0.05, 0.1) is 79.3 Å². The molecular formula is C32H46F6N2O12. The van der Waals surface area contributed by atoms with Gasteiger partial charge >= 0.3 is 18.5 Å². The molecule has 0 aromatic carbocycles. The van der Waals surface area contributed by atoms with Gasteiger partial charge in [-0.05, 0) is 48.2 Å². The minimum absolute atomic E-state index is 0.0533. The number of rotatable bonds is 29. The molecule has 20 heteroatoms. The van der Waals surface area contributed by atoms with Crippen LogP contribution < -0.4 is 0 Å². The Morgan fingerprint density at radius 2 is 1.06 bits per heavy atom. The van der Waals surface area contributed by atoms with E-state index in [1.807, 2.05) is 24.3 Å². The Kier molecular flexibility index (Phi) is 22.3. The standard InChI is InChI=1S/C22H33F6NO10.C10H13NO2/c23-20(24,38-22(27,28)39-21(25,26)16-37-14-19(32)12-34-8-6-30)15-36-10-9-35-13-18(31)11-33-7-3-17-1-4-29-5-2-17;1-4-11-5-2-9(1)3-6-12-7-10-8-13-10/h1-2,4-5,18-19,30-32H,3,6-16H2;1-2,4-5,10H,3,6-8H2. The predicted molar refractivity (Wildman–Crippen MR) is 167 cm³/mol. The van der Waals surface area contributed by atoms with Crippen molar-refractivity contribution in [3.05, 3.63) is 60.2 Å². The molecule has 0 radical (unpaired) electrons. The van der Waals surface area contributed by atoms with Gasteiger partial charge in [-0.1, -0.05) is 0 Å². The zero-order chi connectivity index (χ0) is 38.1. The molecule has 3 rings (SSSR count). The molecule has 0 aliphatic carbocycles. The molecule has 2 aromatic rings. The van der Waals surface area contributed by atoms with Gasteiger partial charge in [0.1, 0.15) is 31.5 Å². The Labute approximate surface area is 296 Å². The second-order valence-electron chi connectivity index (χ2n) is 11.0.